The molecule has 0 aromatic rings. The Labute approximate surface area is 186 Å². The van der Waals surface area contributed by atoms with Crippen LogP contribution in [0.25, 0.3) is 0 Å². The summed E-state index contributed by atoms with van der Waals surface area (Å²) in [6, 6.07) is 0. The molecule has 5 nitrogen and oxygen atoms in total. The van der Waals surface area contributed by atoms with Crippen LogP contribution in [0.15, 0.2) is 23.8 Å². The summed E-state index contributed by atoms with van der Waals surface area (Å²) < 4.78 is 18.1. The molecule has 5 rings (SSSR count). The molecule has 31 heavy (non-hydrogen) atoms. The van der Waals surface area contributed by atoms with E-state index >= 15 is 0 Å². The van der Waals surface area contributed by atoms with Crippen LogP contribution in [0.2, 0.25) is 0 Å². The predicted molar refractivity (Wildman–Crippen MR) is 117 cm³/mol. The van der Waals surface area contributed by atoms with Gasteiger partial charge in [-0.25, -0.2) is 4.79 Å². The van der Waals surface area contributed by atoms with Crippen LogP contribution in [0.3, 0.4) is 0 Å². The lowest BCUT2D eigenvalue weighted by Crippen LogP contribution is -2.61. The van der Waals surface area contributed by atoms with Gasteiger partial charge in [0.05, 0.1) is 18.3 Å². The molecule has 0 amide bonds. The minimum absolute atomic E-state index is 0.0139. The van der Waals surface area contributed by atoms with Gasteiger partial charge in [-0.2, -0.15) is 0 Å². The van der Waals surface area contributed by atoms with E-state index in [1.165, 1.54) is 31.3 Å². The molecule has 0 aromatic carbocycles. The Bertz CT molecular complexity index is 768. The van der Waals surface area contributed by atoms with E-state index in [0.717, 1.165) is 38.7 Å². The second-order valence-electron chi connectivity index (χ2n) is 11.2. The fraction of sp³-hybridized carbons (Fsp3) is 0.808. The Hall–Kier alpha value is -1.17. The summed E-state index contributed by atoms with van der Waals surface area (Å²) in [7, 11) is 0. The van der Waals surface area contributed by atoms with Gasteiger partial charge in [-0.15, -0.1) is 0 Å². The van der Waals surface area contributed by atoms with Crippen molar-refractivity contribution >= 4 is 5.97 Å². The lowest BCUT2D eigenvalue weighted by molar-refractivity contribution is -0.315. The number of carbonyl (C=O) groups excluding carboxylic acids is 1. The van der Waals surface area contributed by atoms with Crippen LogP contribution < -0.4 is 0 Å². The third-order valence-corrected chi connectivity index (χ3v) is 9.50. The Morgan fingerprint density at radius 2 is 1.94 bits per heavy atom. The molecule has 2 heterocycles. The molecule has 5 aliphatic rings. The molecular weight excluding hydrogens is 392 g/mol. The van der Waals surface area contributed by atoms with Gasteiger partial charge in [0.25, 0.3) is 0 Å². The highest BCUT2D eigenvalue weighted by atomic mass is 16.7. The van der Waals surface area contributed by atoms with Gasteiger partial charge in [0.1, 0.15) is 12.7 Å². The maximum Gasteiger partial charge on any atom is 0.336 e. The number of rotatable bonds is 3. The van der Waals surface area contributed by atoms with E-state index in [1.54, 1.807) is 0 Å². The summed E-state index contributed by atoms with van der Waals surface area (Å²) in [5.74, 6) is 0.988. The van der Waals surface area contributed by atoms with Crippen LogP contribution >= 0.6 is 0 Å². The quantitative estimate of drug-likeness (QED) is 0.405. The maximum atomic E-state index is 12.0. The van der Waals surface area contributed by atoms with Crippen molar-refractivity contribution in [2.24, 2.45) is 28.6 Å². The highest BCUT2D eigenvalue weighted by Crippen LogP contribution is 2.63. The molecule has 1 unspecified atom stereocenters. The van der Waals surface area contributed by atoms with Gasteiger partial charge >= 0.3 is 5.97 Å². The van der Waals surface area contributed by atoms with Crippen molar-refractivity contribution in [3.63, 3.8) is 0 Å². The van der Waals surface area contributed by atoms with E-state index in [4.69, 9.17) is 14.2 Å². The zero-order valence-corrected chi connectivity index (χ0v) is 19.1. The molecule has 0 radical (unpaired) electrons. The average molecular weight is 431 g/mol. The molecule has 3 saturated carbocycles. The number of carbonyl (C=O) groups is 1. The van der Waals surface area contributed by atoms with Crippen LogP contribution in [0.4, 0.5) is 0 Å². The average Bonchev–Trinajstić information content (AvgIpc) is 3.38. The third-order valence-electron chi connectivity index (χ3n) is 9.50. The van der Waals surface area contributed by atoms with Crippen molar-refractivity contribution in [2.45, 2.75) is 90.1 Å². The standard InChI is InChI=1S/C26H38O5/c1-16-8-11-21-25(2,19(16)10-9-18-20(27)14-29-23(18)28)13-12-22-26(21,3)15-30-24(31-22)17-6-4-5-7-17/h9,17,19-22,24,27H,1,4-8,10-15H2,2-3H3/b18-9+/t19-,20-,21?,22-,24-,25+,26+/m1/s1. The second kappa shape index (κ2) is 8.00. The highest BCUT2D eigenvalue weighted by molar-refractivity contribution is 5.91. The fourth-order valence-electron chi connectivity index (χ4n) is 7.69. The summed E-state index contributed by atoms with van der Waals surface area (Å²) >= 11 is 0. The molecular formula is C26H38O5. The number of aliphatic hydroxyl groups excluding tert-OH is 1. The zero-order chi connectivity index (χ0) is 21.8. The molecule has 3 aliphatic carbocycles. The second-order valence-corrected chi connectivity index (χ2v) is 11.2. The first kappa shape index (κ1) is 21.7. The SMILES string of the molecule is C=C1CCC2[C@]3(C)CO[C@@H](C4CCCC4)O[C@@H]3CC[C@@]2(C)[C@@H]1C/C=C1/C(=O)OC[C@H]1O. The molecule has 7 atom stereocenters. The van der Waals surface area contributed by atoms with E-state index in [2.05, 4.69) is 20.4 Å². The van der Waals surface area contributed by atoms with Crippen LogP contribution in [0, 0.1) is 28.6 Å². The van der Waals surface area contributed by atoms with E-state index in [-0.39, 0.29) is 35.8 Å². The summed E-state index contributed by atoms with van der Waals surface area (Å²) in [4.78, 5) is 12.0. The van der Waals surface area contributed by atoms with Crippen molar-refractivity contribution in [1.82, 2.24) is 0 Å². The van der Waals surface area contributed by atoms with Crippen molar-refractivity contribution in [3.05, 3.63) is 23.8 Å². The van der Waals surface area contributed by atoms with Crippen molar-refractivity contribution < 1.29 is 24.1 Å². The third kappa shape index (κ3) is 3.52. The predicted octanol–water partition coefficient (Wildman–Crippen LogP) is 4.54. The van der Waals surface area contributed by atoms with Crippen molar-refractivity contribution in [1.29, 1.82) is 0 Å². The highest BCUT2D eigenvalue weighted by Gasteiger charge is 2.60. The smallest absolute Gasteiger partial charge is 0.336 e. The van der Waals surface area contributed by atoms with Crippen molar-refractivity contribution in [2.75, 3.05) is 13.2 Å². The van der Waals surface area contributed by atoms with Gasteiger partial charge in [-0.3, -0.25) is 0 Å². The Kier molecular flexibility index (Phi) is 5.59. The first-order valence-electron chi connectivity index (χ1n) is 12.3. The molecule has 1 N–H and O–H groups in total. The topological polar surface area (TPSA) is 65.0 Å². The van der Waals surface area contributed by atoms with E-state index in [0.29, 0.717) is 23.3 Å². The van der Waals surface area contributed by atoms with Crippen LogP contribution in [-0.2, 0) is 19.0 Å². The minimum atomic E-state index is -0.797. The number of esters is 1. The van der Waals surface area contributed by atoms with Crippen LogP contribution in [-0.4, -0.2) is 42.8 Å². The molecule has 0 aromatic heterocycles. The van der Waals surface area contributed by atoms with Crippen LogP contribution in [0.5, 0.6) is 0 Å². The molecule has 5 fully saturated rings. The van der Waals surface area contributed by atoms with Gasteiger partial charge in [0.2, 0.25) is 0 Å². The van der Waals surface area contributed by atoms with Crippen LogP contribution in [0.1, 0.15) is 71.6 Å². The first-order valence-corrected chi connectivity index (χ1v) is 12.3. The summed E-state index contributed by atoms with van der Waals surface area (Å²) in [6.07, 6.45) is 11.5. The Balaban J connectivity index is 1.36. The molecule has 2 saturated heterocycles. The maximum absolute atomic E-state index is 12.0. The number of hydrogen-bond donors (Lipinski definition) is 1. The number of ether oxygens (including phenoxy) is 3. The Morgan fingerprint density at radius 3 is 2.65 bits per heavy atom. The minimum Gasteiger partial charge on any atom is -0.459 e. The van der Waals surface area contributed by atoms with E-state index in [9.17, 15) is 9.90 Å². The number of fused-ring (bicyclic) bond motifs is 3. The number of hydrogen-bond acceptors (Lipinski definition) is 5. The summed E-state index contributed by atoms with van der Waals surface area (Å²) in [5, 5.41) is 10.1. The zero-order valence-electron chi connectivity index (χ0n) is 19.1. The summed E-state index contributed by atoms with van der Waals surface area (Å²) in [5.41, 5.74) is 1.81. The largest absolute Gasteiger partial charge is 0.459 e. The van der Waals surface area contributed by atoms with Crippen molar-refractivity contribution in [3.8, 4) is 0 Å². The molecule has 172 valence electrons. The van der Waals surface area contributed by atoms with E-state index < -0.39 is 6.10 Å². The lowest BCUT2D eigenvalue weighted by Gasteiger charge is -2.62. The fourth-order valence-corrected chi connectivity index (χ4v) is 7.69. The number of aliphatic hydroxyl groups is 1. The first-order chi connectivity index (χ1) is 14.8. The molecule has 5 heteroatoms. The van der Waals surface area contributed by atoms with Gasteiger partial charge in [-0.1, -0.05) is 44.9 Å². The van der Waals surface area contributed by atoms with Gasteiger partial charge in [-0.05, 0) is 62.2 Å². The number of cyclic esters (lactones) is 1. The number of allylic oxidation sites excluding steroid dienone is 2. The summed E-state index contributed by atoms with van der Waals surface area (Å²) in [6.45, 7) is 10.1. The molecule has 0 spiro atoms. The molecule has 0 bridgehead atoms. The van der Waals surface area contributed by atoms with Gasteiger partial charge < -0.3 is 19.3 Å². The van der Waals surface area contributed by atoms with Gasteiger partial charge in [0, 0.05) is 11.3 Å². The normalized spacial score (nSPS) is 47.3. The lowest BCUT2D eigenvalue weighted by atomic mass is 9.46. The van der Waals surface area contributed by atoms with Gasteiger partial charge in [0.15, 0.2) is 6.29 Å². The monoisotopic (exact) mass is 430 g/mol. The molecule has 2 aliphatic heterocycles. The van der Waals surface area contributed by atoms with E-state index in [1.807, 2.05) is 6.08 Å². The Morgan fingerprint density at radius 1 is 1.16 bits per heavy atom.